The molecule has 1 aliphatic heterocycles. The van der Waals surface area contributed by atoms with Crippen molar-refractivity contribution in [1.29, 1.82) is 0 Å². The molecule has 3 rings (SSSR count). The van der Waals surface area contributed by atoms with Gasteiger partial charge in [-0.2, -0.15) is 5.10 Å². The van der Waals surface area contributed by atoms with Crippen LogP contribution in [0.3, 0.4) is 0 Å². The van der Waals surface area contributed by atoms with Gasteiger partial charge in [0, 0.05) is 18.8 Å². The average molecular weight is 322 g/mol. The van der Waals surface area contributed by atoms with E-state index in [0.717, 1.165) is 12.8 Å². The van der Waals surface area contributed by atoms with Crippen molar-refractivity contribution >= 4 is 11.8 Å². The number of hydrogen-bond acceptors (Lipinski definition) is 4. The van der Waals surface area contributed by atoms with Gasteiger partial charge in [0.1, 0.15) is 5.60 Å². The first kappa shape index (κ1) is 16.3. The molecule has 2 heterocycles. The van der Waals surface area contributed by atoms with Gasteiger partial charge >= 0.3 is 6.03 Å². The number of aliphatic hydroxyl groups excluding tert-OH is 1. The maximum absolute atomic E-state index is 12.3. The summed E-state index contributed by atoms with van der Waals surface area (Å²) in [5.74, 6) is 0.540. The number of β-amino-alcohol motifs (C(OH)–C–C–N with tert-alkyl or cyclic N) is 1. The van der Waals surface area contributed by atoms with Gasteiger partial charge in [-0.1, -0.05) is 19.3 Å². The molecule has 0 bridgehead atoms. The van der Waals surface area contributed by atoms with E-state index in [1.807, 2.05) is 16.9 Å². The van der Waals surface area contributed by atoms with Crippen LogP contribution in [0.25, 0.3) is 0 Å². The van der Waals surface area contributed by atoms with Crippen molar-refractivity contribution in [3.8, 4) is 0 Å². The summed E-state index contributed by atoms with van der Waals surface area (Å²) in [4.78, 5) is 13.9. The summed E-state index contributed by atoms with van der Waals surface area (Å²) in [5, 5.41) is 26.7. The van der Waals surface area contributed by atoms with Crippen molar-refractivity contribution < 1.29 is 15.0 Å². The molecule has 1 atom stereocenters. The van der Waals surface area contributed by atoms with Crippen LogP contribution in [-0.4, -0.2) is 56.2 Å². The molecular weight excluding hydrogens is 296 g/mol. The minimum Gasteiger partial charge on any atom is -0.393 e. The number of piperidine rings is 1. The lowest BCUT2D eigenvalue weighted by Gasteiger charge is -2.37. The summed E-state index contributed by atoms with van der Waals surface area (Å²) >= 11 is 0. The molecule has 2 fully saturated rings. The van der Waals surface area contributed by atoms with Crippen LogP contribution in [0.5, 0.6) is 0 Å². The number of carbonyl (C=O) groups is 1. The van der Waals surface area contributed by atoms with Crippen LogP contribution in [0.4, 0.5) is 10.6 Å². The van der Waals surface area contributed by atoms with Crippen LogP contribution < -0.4 is 5.32 Å². The Bertz CT molecular complexity index is 541. The highest BCUT2D eigenvalue weighted by molar-refractivity contribution is 5.88. The first-order chi connectivity index (χ1) is 11.1. The van der Waals surface area contributed by atoms with E-state index in [0.29, 0.717) is 31.2 Å². The molecule has 1 aromatic heterocycles. The number of amides is 2. The summed E-state index contributed by atoms with van der Waals surface area (Å²) in [7, 11) is 0. The number of anilines is 1. The number of urea groups is 1. The first-order valence-corrected chi connectivity index (χ1v) is 8.54. The van der Waals surface area contributed by atoms with Gasteiger partial charge in [-0.05, 0) is 25.7 Å². The third kappa shape index (κ3) is 3.84. The molecule has 7 nitrogen and oxygen atoms in total. The molecule has 0 spiro atoms. The van der Waals surface area contributed by atoms with Gasteiger partial charge < -0.3 is 15.1 Å². The zero-order chi connectivity index (χ0) is 16.3. The van der Waals surface area contributed by atoms with E-state index in [1.165, 1.54) is 19.3 Å². The molecule has 7 heteroatoms. The highest BCUT2D eigenvalue weighted by atomic mass is 16.3. The number of likely N-dealkylation sites (tertiary alicyclic amines) is 1. The molecule has 128 valence electrons. The Morgan fingerprint density at radius 1 is 1.35 bits per heavy atom. The van der Waals surface area contributed by atoms with E-state index in [9.17, 15) is 15.0 Å². The van der Waals surface area contributed by atoms with E-state index in [-0.39, 0.29) is 19.2 Å². The average Bonchev–Trinajstić information content (AvgIpc) is 3.04. The molecule has 2 amide bonds. The van der Waals surface area contributed by atoms with Crippen molar-refractivity contribution in [3.63, 3.8) is 0 Å². The summed E-state index contributed by atoms with van der Waals surface area (Å²) in [6.45, 7) is 0.406. The van der Waals surface area contributed by atoms with E-state index < -0.39 is 5.60 Å². The van der Waals surface area contributed by atoms with Gasteiger partial charge in [0.2, 0.25) is 0 Å². The van der Waals surface area contributed by atoms with E-state index in [1.54, 1.807) is 4.90 Å². The summed E-state index contributed by atoms with van der Waals surface area (Å²) in [6.07, 6.45) is 9.18. The molecule has 0 radical (unpaired) electrons. The second-order valence-electron chi connectivity index (χ2n) is 6.81. The van der Waals surface area contributed by atoms with Gasteiger partial charge in [0.25, 0.3) is 0 Å². The second kappa shape index (κ2) is 6.88. The van der Waals surface area contributed by atoms with Crippen molar-refractivity contribution in [2.45, 2.75) is 56.6 Å². The lowest BCUT2D eigenvalue weighted by atomic mass is 9.94. The summed E-state index contributed by atoms with van der Waals surface area (Å²) in [5.41, 5.74) is -1.18. The van der Waals surface area contributed by atoms with Crippen LogP contribution in [0, 0.1) is 0 Å². The van der Waals surface area contributed by atoms with E-state index in [2.05, 4.69) is 10.4 Å². The highest BCUT2D eigenvalue weighted by Gasteiger charge is 2.34. The summed E-state index contributed by atoms with van der Waals surface area (Å²) < 4.78 is 1.95. The Morgan fingerprint density at radius 3 is 2.87 bits per heavy atom. The molecule has 1 aromatic rings. The number of carbonyl (C=O) groups excluding carboxylic acids is 1. The van der Waals surface area contributed by atoms with Crippen LogP contribution >= 0.6 is 0 Å². The Balaban J connectivity index is 1.58. The monoisotopic (exact) mass is 322 g/mol. The van der Waals surface area contributed by atoms with Crippen LogP contribution in [0.2, 0.25) is 0 Å². The minimum atomic E-state index is -1.18. The third-order valence-corrected chi connectivity index (χ3v) is 4.93. The largest absolute Gasteiger partial charge is 0.393 e. The highest BCUT2D eigenvalue weighted by Crippen LogP contribution is 2.28. The van der Waals surface area contributed by atoms with Gasteiger partial charge in [-0.15, -0.1) is 0 Å². The number of aromatic nitrogens is 2. The van der Waals surface area contributed by atoms with Crippen LogP contribution in [0.1, 0.15) is 51.0 Å². The minimum absolute atomic E-state index is 0.151. The Morgan fingerprint density at radius 2 is 2.13 bits per heavy atom. The van der Waals surface area contributed by atoms with Crippen LogP contribution in [-0.2, 0) is 0 Å². The molecule has 2 aliphatic rings. The first-order valence-electron chi connectivity index (χ1n) is 8.54. The number of nitrogens with zero attached hydrogens (tertiary/aromatic N) is 3. The molecule has 3 N–H and O–H groups in total. The van der Waals surface area contributed by atoms with Gasteiger partial charge in [-0.3, -0.25) is 10.00 Å². The number of aliphatic hydroxyl groups is 2. The standard InChI is InChI=1S/C16H26N4O3/c21-12-16(23)8-4-9-19(11-16)15(22)17-14-7-10-20(18-14)13-5-2-1-3-6-13/h7,10,13,21,23H,1-6,8-9,11-12H2,(H,17,18,22). The van der Waals surface area contributed by atoms with E-state index in [4.69, 9.17) is 0 Å². The van der Waals surface area contributed by atoms with Crippen molar-refractivity contribution in [3.05, 3.63) is 12.3 Å². The smallest absolute Gasteiger partial charge is 0.323 e. The van der Waals surface area contributed by atoms with Gasteiger partial charge in [-0.25, -0.2) is 4.79 Å². The molecule has 1 aliphatic carbocycles. The van der Waals surface area contributed by atoms with E-state index >= 15 is 0 Å². The Kier molecular flexibility index (Phi) is 4.87. The zero-order valence-corrected chi connectivity index (χ0v) is 13.4. The predicted octanol–water partition coefficient (Wildman–Crippen LogP) is 1.74. The molecule has 0 aromatic carbocycles. The normalized spacial score (nSPS) is 26.3. The molecule has 1 saturated carbocycles. The third-order valence-electron chi connectivity index (χ3n) is 4.93. The lowest BCUT2D eigenvalue weighted by molar-refractivity contribution is -0.0558. The quantitative estimate of drug-likeness (QED) is 0.790. The zero-order valence-electron chi connectivity index (χ0n) is 13.4. The predicted molar refractivity (Wildman–Crippen MR) is 86.2 cm³/mol. The molecule has 1 saturated heterocycles. The van der Waals surface area contributed by atoms with Gasteiger partial charge in [0.05, 0.1) is 19.2 Å². The molecule has 1 unspecified atom stereocenters. The SMILES string of the molecule is O=C(Nc1ccn(C2CCCCC2)n1)N1CCCC(O)(CO)C1. The fourth-order valence-electron chi connectivity index (χ4n) is 3.56. The number of hydrogen-bond donors (Lipinski definition) is 3. The summed E-state index contributed by atoms with van der Waals surface area (Å²) in [6, 6.07) is 1.98. The fourth-order valence-corrected chi connectivity index (χ4v) is 3.56. The maximum Gasteiger partial charge on any atom is 0.323 e. The number of nitrogens with one attached hydrogen (secondary N) is 1. The Labute approximate surface area is 136 Å². The number of rotatable bonds is 3. The van der Waals surface area contributed by atoms with Gasteiger partial charge in [0.15, 0.2) is 5.82 Å². The molecule has 23 heavy (non-hydrogen) atoms. The second-order valence-corrected chi connectivity index (χ2v) is 6.81. The fraction of sp³-hybridized carbons (Fsp3) is 0.750. The van der Waals surface area contributed by atoms with Crippen molar-refractivity contribution in [2.24, 2.45) is 0 Å². The molecular formula is C16H26N4O3. The topological polar surface area (TPSA) is 90.6 Å². The van der Waals surface area contributed by atoms with Crippen molar-refractivity contribution in [2.75, 3.05) is 25.0 Å². The van der Waals surface area contributed by atoms with Crippen molar-refractivity contribution in [1.82, 2.24) is 14.7 Å². The lowest BCUT2D eigenvalue weighted by Crippen LogP contribution is -2.53. The Hall–Kier alpha value is -1.60. The maximum atomic E-state index is 12.3. The van der Waals surface area contributed by atoms with Crippen LogP contribution in [0.15, 0.2) is 12.3 Å².